The lowest BCUT2D eigenvalue weighted by atomic mass is 10.1. The molecule has 0 saturated carbocycles. The van der Waals surface area contributed by atoms with Gasteiger partial charge < -0.3 is 9.84 Å². The average molecular weight is 451 g/mol. The number of thiocarbonyl (C=S) groups is 1. The third-order valence-electron chi connectivity index (χ3n) is 4.46. The first kappa shape index (κ1) is 20.6. The van der Waals surface area contributed by atoms with Crippen LogP contribution in [-0.2, 0) is 9.59 Å². The predicted octanol–water partition coefficient (Wildman–Crippen LogP) is 4.67. The van der Waals surface area contributed by atoms with Crippen LogP contribution in [0, 0.1) is 0 Å². The van der Waals surface area contributed by atoms with Gasteiger partial charge in [0.1, 0.15) is 22.8 Å². The van der Waals surface area contributed by atoms with Crippen molar-refractivity contribution in [1.82, 2.24) is 5.32 Å². The van der Waals surface area contributed by atoms with Crippen LogP contribution in [0.2, 0.25) is 5.02 Å². The van der Waals surface area contributed by atoms with Crippen LogP contribution in [0.3, 0.4) is 0 Å². The normalized spacial score (nSPS) is 15.2. The Morgan fingerprint density at radius 1 is 0.968 bits per heavy atom. The highest BCUT2D eigenvalue weighted by molar-refractivity contribution is 7.80. The maximum atomic E-state index is 13.1. The van der Waals surface area contributed by atoms with Crippen molar-refractivity contribution in [2.75, 3.05) is 4.90 Å². The molecule has 3 aromatic rings. The summed E-state index contributed by atoms with van der Waals surface area (Å²) in [5, 5.41) is 12.8. The fourth-order valence-electron chi connectivity index (χ4n) is 2.98. The minimum Gasteiger partial charge on any atom is -0.507 e. The summed E-state index contributed by atoms with van der Waals surface area (Å²) in [6, 6.07) is 20.3. The number of para-hydroxylation sites is 1. The van der Waals surface area contributed by atoms with Crippen molar-refractivity contribution in [3.63, 3.8) is 0 Å². The Morgan fingerprint density at radius 3 is 2.35 bits per heavy atom. The van der Waals surface area contributed by atoms with Crippen molar-refractivity contribution in [2.45, 2.75) is 0 Å². The van der Waals surface area contributed by atoms with Gasteiger partial charge in [-0.3, -0.25) is 19.8 Å². The minimum absolute atomic E-state index is 0.0424. The third-order valence-corrected chi connectivity index (χ3v) is 4.98. The van der Waals surface area contributed by atoms with E-state index in [0.717, 1.165) is 0 Å². The summed E-state index contributed by atoms with van der Waals surface area (Å²) in [7, 11) is 0. The number of benzene rings is 3. The lowest BCUT2D eigenvalue weighted by molar-refractivity contribution is -0.122. The Labute approximate surface area is 188 Å². The molecule has 0 aliphatic carbocycles. The van der Waals surface area contributed by atoms with Crippen LogP contribution in [-0.4, -0.2) is 22.0 Å². The summed E-state index contributed by atoms with van der Waals surface area (Å²) >= 11 is 11.2. The SMILES string of the molecule is O=C1NC(=S)N(c2ccc(Oc3ccccc3)cc2)C(=O)C1=Cc1cc(Cl)ccc1O. The number of halogens is 1. The highest BCUT2D eigenvalue weighted by Gasteiger charge is 2.34. The maximum absolute atomic E-state index is 13.1. The van der Waals surface area contributed by atoms with E-state index in [4.69, 9.17) is 28.6 Å². The summed E-state index contributed by atoms with van der Waals surface area (Å²) in [4.78, 5) is 26.7. The van der Waals surface area contributed by atoms with Crippen molar-refractivity contribution in [1.29, 1.82) is 0 Å². The van der Waals surface area contributed by atoms with Crippen LogP contribution in [0.25, 0.3) is 6.08 Å². The number of anilines is 1. The molecule has 3 aromatic carbocycles. The van der Waals surface area contributed by atoms with Crippen molar-refractivity contribution in [2.24, 2.45) is 0 Å². The van der Waals surface area contributed by atoms with Crippen LogP contribution < -0.4 is 15.0 Å². The number of phenols is 1. The molecule has 1 fully saturated rings. The quantitative estimate of drug-likeness (QED) is 0.343. The molecule has 0 aromatic heterocycles. The molecule has 1 aliphatic heterocycles. The van der Waals surface area contributed by atoms with Gasteiger partial charge in [0.15, 0.2) is 5.11 Å². The van der Waals surface area contributed by atoms with E-state index in [2.05, 4.69) is 5.32 Å². The molecule has 1 heterocycles. The van der Waals surface area contributed by atoms with E-state index >= 15 is 0 Å². The molecule has 2 N–H and O–H groups in total. The Balaban J connectivity index is 1.62. The molecule has 4 rings (SSSR count). The Bertz CT molecular complexity index is 1210. The fraction of sp³-hybridized carbons (Fsp3) is 0. The second-order valence-corrected chi connectivity index (χ2v) is 7.39. The van der Waals surface area contributed by atoms with Crippen LogP contribution in [0.1, 0.15) is 5.56 Å². The van der Waals surface area contributed by atoms with Crippen molar-refractivity contribution < 1.29 is 19.4 Å². The largest absolute Gasteiger partial charge is 0.507 e. The first-order valence-electron chi connectivity index (χ1n) is 9.15. The van der Waals surface area contributed by atoms with Crippen LogP contribution >= 0.6 is 23.8 Å². The lowest BCUT2D eigenvalue weighted by Gasteiger charge is -2.29. The number of ether oxygens (including phenoxy) is 1. The van der Waals surface area contributed by atoms with Crippen LogP contribution in [0.4, 0.5) is 5.69 Å². The molecule has 0 spiro atoms. The second kappa shape index (κ2) is 8.59. The van der Waals surface area contributed by atoms with Crippen molar-refractivity contribution in [3.8, 4) is 17.2 Å². The Hall–Kier alpha value is -3.68. The van der Waals surface area contributed by atoms with E-state index in [1.54, 1.807) is 24.3 Å². The number of hydrogen-bond acceptors (Lipinski definition) is 5. The summed E-state index contributed by atoms with van der Waals surface area (Å²) in [6.07, 6.45) is 1.28. The van der Waals surface area contributed by atoms with E-state index < -0.39 is 11.8 Å². The zero-order valence-corrected chi connectivity index (χ0v) is 17.5. The number of carbonyl (C=O) groups is 2. The summed E-state index contributed by atoms with van der Waals surface area (Å²) < 4.78 is 5.76. The number of nitrogens with zero attached hydrogens (tertiary/aromatic N) is 1. The number of carbonyl (C=O) groups excluding carboxylic acids is 2. The maximum Gasteiger partial charge on any atom is 0.270 e. The molecule has 31 heavy (non-hydrogen) atoms. The van der Waals surface area contributed by atoms with Crippen molar-refractivity contribution >= 4 is 52.5 Å². The smallest absolute Gasteiger partial charge is 0.270 e. The molecule has 1 saturated heterocycles. The fourth-order valence-corrected chi connectivity index (χ4v) is 3.44. The zero-order chi connectivity index (χ0) is 22.0. The first-order valence-corrected chi connectivity index (χ1v) is 9.94. The Morgan fingerprint density at radius 2 is 1.65 bits per heavy atom. The van der Waals surface area contributed by atoms with Gasteiger partial charge in [0.2, 0.25) is 0 Å². The zero-order valence-electron chi connectivity index (χ0n) is 15.9. The summed E-state index contributed by atoms with van der Waals surface area (Å²) in [5.74, 6) is -0.133. The molecule has 1 aliphatic rings. The van der Waals surface area contributed by atoms with E-state index in [0.29, 0.717) is 22.2 Å². The van der Waals surface area contributed by atoms with E-state index in [9.17, 15) is 14.7 Å². The van der Waals surface area contributed by atoms with E-state index in [1.807, 2.05) is 30.3 Å². The molecule has 0 atom stereocenters. The molecular weight excluding hydrogens is 436 g/mol. The second-order valence-electron chi connectivity index (χ2n) is 6.57. The summed E-state index contributed by atoms with van der Waals surface area (Å²) in [6.45, 7) is 0. The third kappa shape index (κ3) is 4.42. The molecule has 0 bridgehead atoms. The van der Waals surface area contributed by atoms with Gasteiger partial charge in [-0.25, -0.2) is 0 Å². The van der Waals surface area contributed by atoms with Gasteiger partial charge in [0.25, 0.3) is 11.8 Å². The first-order chi connectivity index (χ1) is 14.9. The lowest BCUT2D eigenvalue weighted by Crippen LogP contribution is -2.54. The topological polar surface area (TPSA) is 78.9 Å². The Kier molecular flexibility index (Phi) is 5.70. The number of aromatic hydroxyl groups is 1. The van der Waals surface area contributed by atoms with Gasteiger partial charge in [-0.1, -0.05) is 29.8 Å². The summed E-state index contributed by atoms with van der Waals surface area (Å²) in [5.41, 5.74) is 0.512. The highest BCUT2D eigenvalue weighted by atomic mass is 35.5. The number of nitrogens with one attached hydrogen (secondary N) is 1. The van der Waals surface area contributed by atoms with Gasteiger partial charge in [-0.15, -0.1) is 0 Å². The molecular formula is C23H15ClN2O4S. The molecule has 0 unspecified atom stereocenters. The molecule has 6 nitrogen and oxygen atoms in total. The van der Waals surface area contributed by atoms with Gasteiger partial charge in [0, 0.05) is 10.6 Å². The highest BCUT2D eigenvalue weighted by Crippen LogP contribution is 2.29. The minimum atomic E-state index is -0.658. The number of rotatable bonds is 4. The molecule has 2 amide bonds. The molecule has 0 radical (unpaired) electrons. The number of amides is 2. The van der Waals surface area contributed by atoms with Gasteiger partial charge >= 0.3 is 0 Å². The molecule has 8 heteroatoms. The van der Waals surface area contributed by atoms with Crippen molar-refractivity contribution in [3.05, 3.63) is 89.0 Å². The van der Waals surface area contributed by atoms with Gasteiger partial charge in [-0.05, 0) is 72.9 Å². The van der Waals surface area contributed by atoms with Gasteiger partial charge in [-0.2, -0.15) is 0 Å². The van der Waals surface area contributed by atoms with Gasteiger partial charge in [0.05, 0.1) is 5.69 Å². The van der Waals surface area contributed by atoms with Crippen LogP contribution in [0.5, 0.6) is 17.2 Å². The number of phenolic OH excluding ortho intramolecular Hbond substituents is 1. The van der Waals surface area contributed by atoms with E-state index in [-0.39, 0.29) is 22.0 Å². The number of hydrogen-bond donors (Lipinski definition) is 2. The van der Waals surface area contributed by atoms with Crippen LogP contribution in [0.15, 0.2) is 78.4 Å². The average Bonchev–Trinajstić information content (AvgIpc) is 2.75. The predicted molar refractivity (Wildman–Crippen MR) is 122 cm³/mol. The molecule has 154 valence electrons. The monoisotopic (exact) mass is 450 g/mol. The standard InChI is InChI=1S/C23H15ClN2O4S/c24-15-6-11-20(27)14(12-15)13-19-21(28)25-23(31)26(22(19)29)16-7-9-18(10-8-16)30-17-4-2-1-3-5-17/h1-13,27H,(H,25,28,31). The van der Waals surface area contributed by atoms with E-state index in [1.165, 1.54) is 29.2 Å².